The van der Waals surface area contributed by atoms with Crippen LogP contribution in [0, 0.1) is 0 Å². The monoisotopic (exact) mass is 264 g/mol. The summed E-state index contributed by atoms with van der Waals surface area (Å²) in [6, 6.07) is 3.13. The van der Waals surface area contributed by atoms with Crippen LogP contribution in [0.3, 0.4) is 0 Å². The summed E-state index contributed by atoms with van der Waals surface area (Å²) < 4.78 is 5.56. The van der Waals surface area contributed by atoms with Crippen molar-refractivity contribution in [1.82, 2.24) is 14.9 Å². The Morgan fingerprint density at radius 2 is 2.11 bits per heavy atom. The Morgan fingerprint density at radius 1 is 1.37 bits per heavy atom. The highest BCUT2D eigenvalue weighted by atomic mass is 16.5. The Bertz CT molecular complexity index is 406. The molecule has 1 fully saturated rings. The van der Waals surface area contributed by atoms with E-state index < -0.39 is 0 Å². The largest absolute Gasteiger partial charge is 0.475 e. The number of hydrogen-bond acceptors (Lipinski definition) is 5. The molecule has 0 amide bonds. The molecule has 106 valence electrons. The van der Waals surface area contributed by atoms with E-state index in [1.165, 1.54) is 19.2 Å². The predicted molar refractivity (Wildman–Crippen MR) is 76.5 cm³/mol. The standard InChI is InChI=1S/C14H24N4O/c1-10(2)19-14-7-13(16-9-17-14)15-8-11(3)18(4)12-5-6-12/h7,9-12H,5-6,8H2,1-4H3,(H,15,16,17). The van der Waals surface area contributed by atoms with Crippen molar-refractivity contribution in [2.75, 3.05) is 18.9 Å². The molecular formula is C14H24N4O. The predicted octanol–water partition coefficient (Wildman–Crippen LogP) is 2.16. The maximum atomic E-state index is 5.56. The molecule has 2 rings (SSSR count). The van der Waals surface area contributed by atoms with Gasteiger partial charge in [-0.1, -0.05) is 0 Å². The van der Waals surface area contributed by atoms with Gasteiger partial charge in [0.1, 0.15) is 12.1 Å². The van der Waals surface area contributed by atoms with Crippen LogP contribution >= 0.6 is 0 Å². The number of rotatable bonds is 7. The van der Waals surface area contributed by atoms with Crippen LogP contribution < -0.4 is 10.1 Å². The van der Waals surface area contributed by atoms with Gasteiger partial charge in [0.2, 0.25) is 5.88 Å². The zero-order valence-electron chi connectivity index (χ0n) is 12.3. The maximum Gasteiger partial charge on any atom is 0.218 e. The van der Waals surface area contributed by atoms with Crippen LogP contribution in [0.1, 0.15) is 33.6 Å². The quantitative estimate of drug-likeness (QED) is 0.818. The lowest BCUT2D eigenvalue weighted by Crippen LogP contribution is -2.36. The van der Waals surface area contributed by atoms with Crippen LogP contribution in [0.15, 0.2) is 12.4 Å². The fraction of sp³-hybridized carbons (Fsp3) is 0.714. The van der Waals surface area contributed by atoms with Gasteiger partial charge in [-0.25, -0.2) is 9.97 Å². The molecule has 1 N–H and O–H groups in total. The molecule has 0 aliphatic heterocycles. The lowest BCUT2D eigenvalue weighted by atomic mass is 10.3. The molecular weight excluding hydrogens is 240 g/mol. The van der Waals surface area contributed by atoms with Crippen molar-refractivity contribution in [2.45, 2.75) is 51.8 Å². The van der Waals surface area contributed by atoms with Crippen molar-refractivity contribution in [3.8, 4) is 5.88 Å². The minimum atomic E-state index is 0.127. The van der Waals surface area contributed by atoms with Crippen LogP contribution in [0.2, 0.25) is 0 Å². The van der Waals surface area contributed by atoms with E-state index in [9.17, 15) is 0 Å². The van der Waals surface area contributed by atoms with E-state index in [1.54, 1.807) is 0 Å². The second kappa shape index (κ2) is 6.19. The molecule has 0 bridgehead atoms. The van der Waals surface area contributed by atoms with Gasteiger partial charge in [-0.05, 0) is 40.7 Å². The molecule has 1 heterocycles. The molecule has 5 heteroatoms. The van der Waals surface area contributed by atoms with Gasteiger partial charge >= 0.3 is 0 Å². The number of likely N-dealkylation sites (N-methyl/N-ethyl adjacent to an activating group) is 1. The van der Waals surface area contributed by atoms with Crippen molar-refractivity contribution in [3.05, 3.63) is 12.4 Å². The normalized spacial score (nSPS) is 16.7. The SMILES string of the molecule is CC(C)Oc1cc(NCC(C)N(C)C2CC2)ncn1. The summed E-state index contributed by atoms with van der Waals surface area (Å²) in [5, 5.41) is 3.35. The van der Waals surface area contributed by atoms with E-state index in [0.29, 0.717) is 11.9 Å². The molecule has 0 aromatic carbocycles. The summed E-state index contributed by atoms with van der Waals surface area (Å²) >= 11 is 0. The zero-order valence-corrected chi connectivity index (χ0v) is 12.3. The minimum absolute atomic E-state index is 0.127. The first-order valence-electron chi connectivity index (χ1n) is 7.00. The van der Waals surface area contributed by atoms with Crippen LogP contribution in [0.4, 0.5) is 5.82 Å². The van der Waals surface area contributed by atoms with E-state index in [1.807, 2.05) is 19.9 Å². The Labute approximate surface area is 115 Å². The highest BCUT2D eigenvalue weighted by Crippen LogP contribution is 2.26. The van der Waals surface area contributed by atoms with E-state index >= 15 is 0 Å². The van der Waals surface area contributed by atoms with Gasteiger partial charge in [0.05, 0.1) is 6.10 Å². The molecule has 1 aliphatic carbocycles. The smallest absolute Gasteiger partial charge is 0.218 e. The highest BCUT2D eigenvalue weighted by Gasteiger charge is 2.28. The van der Waals surface area contributed by atoms with Gasteiger partial charge in [0.15, 0.2) is 0 Å². The second-order valence-corrected chi connectivity index (χ2v) is 5.53. The molecule has 1 atom stereocenters. The molecule has 0 spiro atoms. The number of nitrogens with zero attached hydrogens (tertiary/aromatic N) is 3. The molecule has 1 aromatic rings. The first kappa shape index (κ1) is 14.1. The van der Waals surface area contributed by atoms with Crippen molar-refractivity contribution in [2.24, 2.45) is 0 Å². The van der Waals surface area contributed by atoms with E-state index in [-0.39, 0.29) is 6.10 Å². The minimum Gasteiger partial charge on any atom is -0.475 e. The average Bonchev–Trinajstić information content (AvgIpc) is 3.19. The van der Waals surface area contributed by atoms with Gasteiger partial charge < -0.3 is 10.1 Å². The third-order valence-corrected chi connectivity index (χ3v) is 3.40. The van der Waals surface area contributed by atoms with Crippen LogP contribution in [-0.2, 0) is 0 Å². The van der Waals surface area contributed by atoms with Crippen molar-refractivity contribution in [1.29, 1.82) is 0 Å². The summed E-state index contributed by atoms with van der Waals surface area (Å²) in [6.45, 7) is 7.09. The van der Waals surface area contributed by atoms with E-state index in [0.717, 1.165) is 18.4 Å². The number of nitrogens with one attached hydrogen (secondary N) is 1. The molecule has 19 heavy (non-hydrogen) atoms. The van der Waals surface area contributed by atoms with Crippen molar-refractivity contribution >= 4 is 5.82 Å². The first-order valence-corrected chi connectivity index (χ1v) is 7.00. The third-order valence-electron chi connectivity index (χ3n) is 3.40. The molecule has 1 unspecified atom stereocenters. The summed E-state index contributed by atoms with van der Waals surface area (Å²) in [4.78, 5) is 10.7. The molecule has 1 aliphatic rings. The van der Waals surface area contributed by atoms with Gasteiger partial charge in [-0.15, -0.1) is 0 Å². The second-order valence-electron chi connectivity index (χ2n) is 5.53. The number of hydrogen-bond donors (Lipinski definition) is 1. The average molecular weight is 264 g/mol. The summed E-state index contributed by atoms with van der Waals surface area (Å²) in [5.41, 5.74) is 0. The van der Waals surface area contributed by atoms with Gasteiger partial charge in [0.25, 0.3) is 0 Å². The summed E-state index contributed by atoms with van der Waals surface area (Å²) in [6.07, 6.45) is 4.33. The molecule has 0 radical (unpaired) electrons. The maximum absolute atomic E-state index is 5.56. The van der Waals surface area contributed by atoms with Crippen LogP contribution in [-0.4, -0.2) is 46.6 Å². The van der Waals surface area contributed by atoms with Gasteiger partial charge in [-0.3, -0.25) is 4.90 Å². The van der Waals surface area contributed by atoms with Crippen LogP contribution in [0.5, 0.6) is 5.88 Å². The van der Waals surface area contributed by atoms with Crippen molar-refractivity contribution in [3.63, 3.8) is 0 Å². The van der Waals surface area contributed by atoms with Gasteiger partial charge in [-0.2, -0.15) is 0 Å². The van der Waals surface area contributed by atoms with E-state index in [4.69, 9.17) is 4.74 Å². The summed E-state index contributed by atoms with van der Waals surface area (Å²) in [7, 11) is 2.19. The Morgan fingerprint density at radius 3 is 2.74 bits per heavy atom. The summed E-state index contributed by atoms with van der Waals surface area (Å²) in [5.74, 6) is 1.44. The van der Waals surface area contributed by atoms with Crippen molar-refractivity contribution < 1.29 is 4.74 Å². The first-order chi connectivity index (χ1) is 9.06. The fourth-order valence-corrected chi connectivity index (χ4v) is 1.98. The molecule has 0 saturated heterocycles. The number of aromatic nitrogens is 2. The Balaban J connectivity index is 1.84. The third kappa shape index (κ3) is 4.35. The molecule has 1 saturated carbocycles. The van der Waals surface area contributed by atoms with E-state index in [2.05, 4.69) is 34.2 Å². The Hall–Kier alpha value is -1.36. The topological polar surface area (TPSA) is 50.3 Å². The van der Waals surface area contributed by atoms with Gasteiger partial charge in [0, 0.05) is 24.7 Å². The fourth-order valence-electron chi connectivity index (χ4n) is 1.98. The number of anilines is 1. The lowest BCUT2D eigenvalue weighted by Gasteiger charge is -2.24. The lowest BCUT2D eigenvalue weighted by molar-refractivity contribution is 0.232. The zero-order chi connectivity index (χ0) is 13.8. The molecule has 1 aromatic heterocycles. The van der Waals surface area contributed by atoms with Crippen LogP contribution in [0.25, 0.3) is 0 Å². The molecule has 5 nitrogen and oxygen atoms in total. The number of ether oxygens (including phenoxy) is 1. The Kier molecular flexibility index (Phi) is 4.58. The highest BCUT2D eigenvalue weighted by molar-refractivity contribution is 5.37.